The van der Waals surface area contributed by atoms with E-state index >= 15 is 0 Å². The first-order chi connectivity index (χ1) is 10.0. The van der Waals surface area contributed by atoms with Crippen LogP contribution in [0.2, 0.25) is 0 Å². The van der Waals surface area contributed by atoms with Crippen LogP contribution in [0.4, 0.5) is 0 Å². The van der Waals surface area contributed by atoms with Gasteiger partial charge in [0.2, 0.25) is 10.0 Å². The van der Waals surface area contributed by atoms with Gasteiger partial charge in [0.25, 0.3) is 0 Å². The number of unbranched alkanes of at least 4 members (excludes halogenated alkanes) is 1. The highest BCUT2D eigenvalue weighted by molar-refractivity contribution is 9.10. The van der Waals surface area contributed by atoms with E-state index in [4.69, 9.17) is 5.26 Å². The predicted octanol–water partition coefficient (Wildman–Crippen LogP) is 0.642. The number of rotatable bonds is 5. The fraction of sp³-hybridized carbons (Fsp3) is 0.500. The Morgan fingerprint density at radius 2 is 1.86 bits per heavy atom. The molecule has 0 amide bonds. The topological polar surface area (TPSA) is 65.6 Å². The van der Waals surface area contributed by atoms with Crippen LogP contribution >= 0.6 is 15.9 Å². The molecule has 1 saturated heterocycles. The normalized spacial score (nSPS) is 17.5. The van der Waals surface area contributed by atoms with E-state index in [1.165, 1.54) is 4.90 Å². The van der Waals surface area contributed by atoms with Gasteiger partial charge in [-0.25, -0.2) is 8.42 Å². The molecular weight excluding hydrogens is 354 g/mol. The van der Waals surface area contributed by atoms with Gasteiger partial charge >= 0.3 is 0 Å². The van der Waals surface area contributed by atoms with Gasteiger partial charge in [0.05, 0.1) is 43.7 Å². The molecule has 1 heterocycles. The zero-order valence-electron chi connectivity index (χ0n) is 11.8. The molecule has 0 bridgehead atoms. The Kier molecular flexibility index (Phi) is 5.76. The van der Waals surface area contributed by atoms with E-state index in [2.05, 4.69) is 22.0 Å². The average molecular weight is 373 g/mol. The van der Waals surface area contributed by atoms with Gasteiger partial charge in [0.15, 0.2) is 0 Å². The summed E-state index contributed by atoms with van der Waals surface area (Å²) >= 11 is 3.31. The van der Waals surface area contributed by atoms with Gasteiger partial charge in [-0.05, 0) is 24.3 Å². The molecule has 0 aromatic heterocycles. The van der Waals surface area contributed by atoms with Crippen LogP contribution in [0.1, 0.15) is 12.8 Å². The fourth-order valence-corrected chi connectivity index (χ4v) is 4.17. The van der Waals surface area contributed by atoms with E-state index in [1.54, 1.807) is 28.6 Å². The van der Waals surface area contributed by atoms with E-state index in [0.717, 1.165) is 30.5 Å². The third-order valence-electron chi connectivity index (χ3n) is 3.70. The van der Waals surface area contributed by atoms with Crippen molar-refractivity contribution in [2.75, 3.05) is 32.7 Å². The number of nitrogens with one attached hydrogen (secondary N) is 1. The van der Waals surface area contributed by atoms with Crippen LogP contribution in [-0.4, -0.2) is 45.4 Å². The minimum absolute atomic E-state index is 0.346. The molecule has 1 aromatic rings. The molecule has 0 atom stereocenters. The lowest BCUT2D eigenvalue weighted by Crippen LogP contribution is -3.14. The van der Waals surface area contributed by atoms with Crippen molar-refractivity contribution in [1.29, 1.82) is 5.26 Å². The summed E-state index contributed by atoms with van der Waals surface area (Å²) in [4.78, 5) is 1.73. The molecule has 2 rings (SSSR count). The minimum Gasteiger partial charge on any atom is -0.333 e. The third-order valence-corrected chi connectivity index (χ3v) is 6.14. The van der Waals surface area contributed by atoms with E-state index in [1.807, 2.05) is 0 Å². The number of piperazine rings is 1. The lowest BCUT2D eigenvalue weighted by molar-refractivity contribution is -0.903. The molecule has 5 nitrogen and oxygen atoms in total. The number of hydrogen-bond donors (Lipinski definition) is 1. The van der Waals surface area contributed by atoms with E-state index < -0.39 is 10.0 Å². The lowest BCUT2D eigenvalue weighted by atomic mass is 10.3. The monoisotopic (exact) mass is 372 g/mol. The van der Waals surface area contributed by atoms with Gasteiger partial charge in [-0.3, -0.25) is 0 Å². The van der Waals surface area contributed by atoms with E-state index in [-0.39, 0.29) is 0 Å². The van der Waals surface area contributed by atoms with Crippen molar-refractivity contribution in [3.63, 3.8) is 0 Å². The summed E-state index contributed by atoms with van der Waals surface area (Å²) in [6, 6.07) is 8.90. The van der Waals surface area contributed by atoms with Crippen molar-refractivity contribution in [3.05, 3.63) is 28.7 Å². The lowest BCUT2D eigenvalue weighted by Gasteiger charge is -2.31. The zero-order chi connectivity index (χ0) is 15.3. The van der Waals surface area contributed by atoms with Crippen molar-refractivity contribution in [1.82, 2.24) is 4.31 Å². The highest BCUT2D eigenvalue weighted by Gasteiger charge is 2.29. The van der Waals surface area contributed by atoms with Crippen LogP contribution in [0.5, 0.6) is 0 Å². The predicted molar refractivity (Wildman–Crippen MR) is 83.3 cm³/mol. The quantitative estimate of drug-likeness (QED) is 0.771. The minimum atomic E-state index is -3.38. The molecule has 1 fully saturated rings. The Labute approximate surface area is 134 Å². The highest BCUT2D eigenvalue weighted by atomic mass is 79.9. The molecule has 0 spiro atoms. The maximum atomic E-state index is 12.5. The molecule has 7 heteroatoms. The number of quaternary nitrogens is 1. The summed E-state index contributed by atoms with van der Waals surface area (Å²) in [5.74, 6) is 0. The number of nitriles is 1. The smallest absolute Gasteiger partial charge is 0.243 e. The maximum absolute atomic E-state index is 12.5. The summed E-state index contributed by atoms with van der Waals surface area (Å²) in [6.07, 6.45) is 1.45. The van der Waals surface area contributed by atoms with Gasteiger partial charge in [0, 0.05) is 17.3 Å². The van der Waals surface area contributed by atoms with Crippen LogP contribution in [0.25, 0.3) is 0 Å². The Hall–Kier alpha value is -0.940. The first-order valence-corrected chi connectivity index (χ1v) is 9.23. The number of hydrogen-bond acceptors (Lipinski definition) is 3. The Morgan fingerprint density at radius 1 is 1.24 bits per heavy atom. The summed E-state index contributed by atoms with van der Waals surface area (Å²) in [7, 11) is -3.38. The van der Waals surface area contributed by atoms with Crippen molar-refractivity contribution in [2.24, 2.45) is 0 Å². The first kappa shape index (κ1) is 16.4. The van der Waals surface area contributed by atoms with Crippen LogP contribution in [0.3, 0.4) is 0 Å². The second-order valence-corrected chi connectivity index (χ2v) is 7.97. The fourth-order valence-electron chi connectivity index (χ4n) is 2.47. The van der Waals surface area contributed by atoms with Gasteiger partial charge in [-0.2, -0.15) is 9.57 Å². The maximum Gasteiger partial charge on any atom is 0.243 e. The van der Waals surface area contributed by atoms with Crippen LogP contribution in [-0.2, 0) is 10.0 Å². The van der Waals surface area contributed by atoms with Gasteiger partial charge in [0.1, 0.15) is 0 Å². The standard InChI is InChI=1S/C14H18BrN3O2S/c15-13-3-5-14(6-4-13)21(19,20)18-11-9-17(10-12-18)8-2-1-7-16/h3-6H,1-2,8-12H2/p+1. The largest absolute Gasteiger partial charge is 0.333 e. The van der Waals surface area contributed by atoms with Crippen molar-refractivity contribution in [3.8, 4) is 6.07 Å². The Bertz CT molecular complexity index is 602. The molecule has 0 unspecified atom stereocenters. The SMILES string of the molecule is N#CCCC[NH+]1CCN(S(=O)(=O)c2ccc(Br)cc2)CC1. The van der Waals surface area contributed by atoms with Gasteiger partial charge in [-0.15, -0.1) is 0 Å². The number of benzene rings is 1. The number of nitrogens with zero attached hydrogens (tertiary/aromatic N) is 2. The number of halogens is 1. The molecule has 1 aromatic carbocycles. The number of sulfonamides is 1. The van der Waals surface area contributed by atoms with Crippen LogP contribution < -0.4 is 4.90 Å². The van der Waals surface area contributed by atoms with E-state index in [9.17, 15) is 8.42 Å². The molecule has 1 aliphatic rings. The second-order valence-electron chi connectivity index (χ2n) is 5.12. The van der Waals surface area contributed by atoms with Crippen molar-refractivity contribution >= 4 is 26.0 Å². The second kappa shape index (κ2) is 7.36. The van der Waals surface area contributed by atoms with Gasteiger partial charge in [-0.1, -0.05) is 15.9 Å². The van der Waals surface area contributed by atoms with E-state index in [0.29, 0.717) is 24.4 Å². The van der Waals surface area contributed by atoms with Crippen molar-refractivity contribution in [2.45, 2.75) is 17.7 Å². The Balaban J connectivity index is 1.95. The summed E-state index contributed by atoms with van der Waals surface area (Å²) in [6.45, 7) is 3.64. The summed E-state index contributed by atoms with van der Waals surface area (Å²) < 4.78 is 27.5. The van der Waals surface area contributed by atoms with Crippen LogP contribution in [0.15, 0.2) is 33.6 Å². The Morgan fingerprint density at radius 3 is 2.43 bits per heavy atom. The molecule has 0 radical (unpaired) electrons. The highest BCUT2D eigenvalue weighted by Crippen LogP contribution is 2.18. The molecule has 21 heavy (non-hydrogen) atoms. The van der Waals surface area contributed by atoms with Gasteiger partial charge < -0.3 is 4.90 Å². The third kappa shape index (κ3) is 4.27. The molecule has 0 aliphatic carbocycles. The zero-order valence-corrected chi connectivity index (χ0v) is 14.2. The summed E-state index contributed by atoms with van der Waals surface area (Å²) in [5, 5.41) is 8.54. The summed E-state index contributed by atoms with van der Waals surface area (Å²) in [5.41, 5.74) is 0. The first-order valence-electron chi connectivity index (χ1n) is 7.00. The van der Waals surface area contributed by atoms with Crippen LogP contribution in [0, 0.1) is 11.3 Å². The molecule has 1 N–H and O–H groups in total. The average Bonchev–Trinajstić information content (AvgIpc) is 2.48. The molecule has 114 valence electrons. The molecular formula is C14H19BrN3O2S+. The molecule has 1 aliphatic heterocycles. The van der Waals surface area contributed by atoms with Crippen molar-refractivity contribution < 1.29 is 13.3 Å². The molecule has 0 saturated carbocycles.